The van der Waals surface area contributed by atoms with Crippen LogP contribution in [0.25, 0.3) is 11.1 Å². The molecule has 1 aliphatic carbocycles. The van der Waals surface area contributed by atoms with Gasteiger partial charge in [0.15, 0.2) is 0 Å². The standard InChI is InChI=1S/C22H22N2O5/c1-29-22(28)24(18-11-6-12-23(21(18)27)13-19(25)26)20-16-9-4-2-7-14(16)15-8-3-5-10-17(15)20/h2-5,7-10,18,20H,6,11-13H2,1H3,(H,25,26). The Balaban J connectivity index is 1.80. The molecule has 1 saturated heterocycles. The summed E-state index contributed by atoms with van der Waals surface area (Å²) in [6.07, 6.45) is 0.481. The molecule has 1 N–H and O–H groups in total. The van der Waals surface area contributed by atoms with Gasteiger partial charge in [-0.25, -0.2) is 4.79 Å². The van der Waals surface area contributed by atoms with Crippen LogP contribution in [0.2, 0.25) is 0 Å². The van der Waals surface area contributed by atoms with Crippen molar-refractivity contribution in [2.45, 2.75) is 24.9 Å². The summed E-state index contributed by atoms with van der Waals surface area (Å²) < 4.78 is 5.07. The van der Waals surface area contributed by atoms with Gasteiger partial charge in [-0.15, -0.1) is 0 Å². The number of methoxy groups -OCH3 is 1. The molecule has 1 heterocycles. The zero-order valence-electron chi connectivity index (χ0n) is 16.1. The van der Waals surface area contributed by atoms with Crippen molar-refractivity contribution in [3.05, 3.63) is 59.7 Å². The first-order valence-corrected chi connectivity index (χ1v) is 9.58. The van der Waals surface area contributed by atoms with Crippen molar-refractivity contribution in [3.63, 3.8) is 0 Å². The van der Waals surface area contributed by atoms with E-state index in [1.54, 1.807) is 0 Å². The molecule has 2 aromatic carbocycles. The molecule has 0 aromatic heterocycles. The van der Waals surface area contributed by atoms with Gasteiger partial charge in [-0.2, -0.15) is 0 Å². The Kier molecular flexibility index (Phi) is 4.96. The number of carbonyl (C=O) groups is 3. The SMILES string of the molecule is COC(=O)N(C1CCCN(CC(=O)O)C1=O)C1c2ccccc2-c2ccccc21. The first-order valence-electron chi connectivity index (χ1n) is 9.58. The highest BCUT2D eigenvalue weighted by Gasteiger charge is 2.44. The highest BCUT2D eigenvalue weighted by molar-refractivity contribution is 5.90. The summed E-state index contributed by atoms with van der Waals surface area (Å²) in [5.74, 6) is -1.42. The van der Waals surface area contributed by atoms with Gasteiger partial charge in [-0.05, 0) is 35.1 Å². The number of rotatable bonds is 4. The molecule has 150 valence electrons. The third kappa shape index (κ3) is 3.22. The number of carboxylic acids is 1. The molecule has 0 spiro atoms. The van der Waals surface area contributed by atoms with Crippen molar-refractivity contribution in [2.75, 3.05) is 20.2 Å². The van der Waals surface area contributed by atoms with Gasteiger partial charge in [-0.1, -0.05) is 48.5 Å². The second-order valence-corrected chi connectivity index (χ2v) is 7.27. The molecular formula is C22H22N2O5. The largest absolute Gasteiger partial charge is 0.480 e. The number of likely N-dealkylation sites (tertiary alicyclic amines) is 1. The predicted octanol–water partition coefficient (Wildman–Crippen LogP) is 2.90. The zero-order valence-corrected chi connectivity index (χ0v) is 16.1. The van der Waals surface area contributed by atoms with Crippen LogP contribution in [0.1, 0.15) is 30.0 Å². The molecule has 7 heteroatoms. The summed E-state index contributed by atoms with van der Waals surface area (Å²) in [6.45, 7) is -0.00330. The Labute approximate surface area is 168 Å². The summed E-state index contributed by atoms with van der Waals surface area (Å²) in [4.78, 5) is 40.0. The van der Waals surface area contributed by atoms with Gasteiger partial charge in [0.25, 0.3) is 0 Å². The highest BCUT2D eigenvalue weighted by Crippen LogP contribution is 2.47. The van der Waals surface area contributed by atoms with E-state index >= 15 is 0 Å². The van der Waals surface area contributed by atoms with Crippen molar-refractivity contribution in [1.82, 2.24) is 9.80 Å². The van der Waals surface area contributed by atoms with Gasteiger partial charge < -0.3 is 14.7 Å². The van der Waals surface area contributed by atoms with Crippen molar-refractivity contribution >= 4 is 18.0 Å². The lowest BCUT2D eigenvalue weighted by Crippen LogP contribution is -2.56. The Bertz CT molecular complexity index is 928. The van der Waals surface area contributed by atoms with Crippen LogP contribution in [0.5, 0.6) is 0 Å². The van der Waals surface area contributed by atoms with E-state index in [0.717, 1.165) is 22.3 Å². The minimum atomic E-state index is -1.07. The van der Waals surface area contributed by atoms with Crippen LogP contribution < -0.4 is 0 Å². The predicted molar refractivity (Wildman–Crippen MR) is 105 cm³/mol. The lowest BCUT2D eigenvalue weighted by atomic mass is 9.97. The van der Waals surface area contributed by atoms with E-state index in [0.29, 0.717) is 19.4 Å². The van der Waals surface area contributed by atoms with E-state index in [1.807, 2.05) is 48.5 Å². The van der Waals surface area contributed by atoms with Gasteiger partial charge in [0.05, 0.1) is 13.2 Å². The fraction of sp³-hybridized carbons (Fsp3) is 0.318. The number of benzene rings is 2. The maximum absolute atomic E-state index is 13.1. The normalized spacial score (nSPS) is 18.2. The average Bonchev–Trinajstić information content (AvgIpc) is 3.05. The maximum atomic E-state index is 13.1. The van der Waals surface area contributed by atoms with E-state index in [-0.39, 0.29) is 12.5 Å². The zero-order chi connectivity index (χ0) is 20.5. The second-order valence-electron chi connectivity index (χ2n) is 7.27. The van der Waals surface area contributed by atoms with Gasteiger partial charge in [0, 0.05) is 6.54 Å². The number of piperidine rings is 1. The smallest absolute Gasteiger partial charge is 0.410 e. The van der Waals surface area contributed by atoms with Crippen LogP contribution in [0.4, 0.5) is 4.79 Å². The van der Waals surface area contributed by atoms with Gasteiger partial charge in [0.2, 0.25) is 5.91 Å². The summed E-state index contributed by atoms with van der Waals surface area (Å²) in [5.41, 5.74) is 3.91. The van der Waals surface area contributed by atoms with Crippen LogP contribution in [0, 0.1) is 0 Å². The number of hydrogen-bond donors (Lipinski definition) is 1. The monoisotopic (exact) mass is 394 g/mol. The third-order valence-electron chi connectivity index (χ3n) is 5.63. The number of fused-ring (bicyclic) bond motifs is 3. The number of hydrogen-bond acceptors (Lipinski definition) is 4. The molecule has 7 nitrogen and oxygen atoms in total. The molecular weight excluding hydrogens is 372 g/mol. The summed E-state index contributed by atoms with van der Waals surface area (Å²) >= 11 is 0. The van der Waals surface area contributed by atoms with E-state index in [2.05, 4.69) is 0 Å². The molecule has 0 radical (unpaired) electrons. The topological polar surface area (TPSA) is 87.2 Å². The summed E-state index contributed by atoms with van der Waals surface area (Å²) in [5, 5.41) is 9.14. The molecule has 2 aliphatic rings. The lowest BCUT2D eigenvalue weighted by Gasteiger charge is -2.40. The van der Waals surface area contributed by atoms with Gasteiger partial charge >= 0.3 is 12.1 Å². The number of carbonyl (C=O) groups excluding carboxylic acids is 2. The van der Waals surface area contributed by atoms with Gasteiger partial charge in [0.1, 0.15) is 12.6 Å². The Morgan fingerprint density at radius 3 is 2.24 bits per heavy atom. The van der Waals surface area contributed by atoms with Crippen molar-refractivity contribution < 1.29 is 24.2 Å². The first kappa shape index (κ1) is 19.0. The number of amides is 2. The van der Waals surface area contributed by atoms with Crippen molar-refractivity contribution in [2.24, 2.45) is 0 Å². The van der Waals surface area contributed by atoms with E-state index in [4.69, 9.17) is 9.84 Å². The Hall–Kier alpha value is -3.35. The van der Waals surface area contributed by atoms with Crippen LogP contribution in [-0.2, 0) is 14.3 Å². The fourth-order valence-electron chi connectivity index (χ4n) is 4.44. The second kappa shape index (κ2) is 7.58. The minimum Gasteiger partial charge on any atom is -0.480 e. The fourth-order valence-corrected chi connectivity index (χ4v) is 4.44. The molecule has 1 aliphatic heterocycles. The van der Waals surface area contributed by atoms with Crippen molar-refractivity contribution in [1.29, 1.82) is 0 Å². The van der Waals surface area contributed by atoms with E-state index in [9.17, 15) is 14.4 Å². The van der Waals surface area contributed by atoms with Crippen LogP contribution in [-0.4, -0.2) is 59.1 Å². The molecule has 0 bridgehead atoms. The van der Waals surface area contributed by atoms with Gasteiger partial charge in [-0.3, -0.25) is 14.5 Å². The summed E-state index contributed by atoms with van der Waals surface area (Å²) in [6, 6.07) is 14.4. The Morgan fingerprint density at radius 1 is 1.10 bits per heavy atom. The summed E-state index contributed by atoms with van der Waals surface area (Å²) in [7, 11) is 1.30. The van der Waals surface area contributed by atoms with Crippen LogP contribution in [0.15, 0.2) is 48.5 Å². The first-order chi connectivity index (χ1) is 14.0. The molecule has 1 fully saturated rings. The van der Waals surface area contributed by atoms with E-state index in [1.165, 1.54) is 16.9 Å². The van der Waals surface area contributed by atoms with Crippen LogP contribution >= 0.6 is 0 Å². The number of aliphatic carboxylic acids is 1. The van der Waals surface area contributed by atoms with E-state index < -0.39 is 24.1 Å². The molecule has 2 aromatic rings. The van der Waals surface area contributed by atoms with Crippen molar-refractivity contribution in [3.8, 4) is 11.1 Å². The molecule has 0 saturated carbocycles. The molecule has 2 amide bonds. The maximum Gasteiger partial charge on any atom is 0.410 e. The quantitative estimate of drug-likeness (QED) is 0.862. The Morgan fingerprint density at radius 2 is 1.69 bits per heavy atom. The molecule has 1 atom stereocenters. The average molecular weight is 394 g/mol. The van der Waals surface area contributed by atoms with Crippen LogP contribution in [0.3, 0.4) is 0 Å². The minimum absolute atomic E-state index is 0.356. The molecule has 4 rings (SSSR count). The molecule has 29 heavy (non-hydrogen) atoms. The highest BCUT2D eigenvalue weighted by atomic mass is 16.5. The lowest BCUT2D eigenvalue weighted by molar-refractivity contribution is -0.149. The number of ether oxygens (including phenoxy) is 1. The third-order valence-corrected chi connectivity index (χ3v) is 5.63. The molecule has 1 unspecified atom stereocenters. The number of carboxylic acid groups (broad SMARTS) is 1. The number of nitrogens with zero attached hydrogens (tertiary/aromatic N) is 2.